The third kappa shape index (κ3) is 7.72. The third-order valence-electron chi connectivity index (χ3n) is 3.29. The van der Waals surface area contributed by atoms with Crippen LogP contribution in [0.5, 0.6) is 5.75 Å². The van der Waals surface area contributed by atoms with Gasteiger partial charge in [0.2, 0.25) is 5.91 Å². The molecule has 0 atom stereocenters. The molecule has 0 bridgehead atoms. The van der Waals surface area contributed by atoms with Gasteiger partial charge < -0.3 is 15.4 Å². The first-order valence-electron chi connectivity index (χ1n) is 8.11. The molecule has 1 amide bonds. The number of anilines is 1. The molecule has 0 aromatic heterocycles. The Kier molecular flexibility index (Phi) is 9.59. The Morgan fingerprint density at radius 1 is 1.23 bits per heavy atom. The third-order valence-corrected chi connectivity index (χ3v) is 3.29. The van der Waals surface area contributed by atoms with E-state index in [0.717, 1.165) is 24.4 Å². The summed E-state index contributed by atoms with van der Waals surface area (Å²) in [6, 6.07) is 7.59. The molecule has 22 heavy (non-hydrogen) atoms. The number of ether oxygens (including phenoxy) is 1. The fraction of sp³-hybridized carbons (Fsp3) is 0.500. The lowest BCUT2D eigenvalue weighted by Crippen LogP contribution is -2.30. The molecule has 2 N–H and O–H groups in total. The van der Waals surface area contributed by atoms with E-state index in [0.29, 0.717) is 6.61 Å². The molecule has 0 radical (unpaired) electrons. The van der Waals surface area contributed by atoms with E-state index in [1.54, 1.807) is 6.08 Å². The van der Waals surface area contributed by atoms with Gasteiger partial charge in [-0.05, 0) is 18.6 Å². The van der Waals surface area contributed by atoms with E-state index in [4.69, 9.17) is 4.74 Å². The minimum Gasteiger partial charge on any atom is -0.487 e. The SMILES string of the molecule is C=CCOc1ccccc1NCC(=O)NCCCCCCC. The summed E-state index contributed by atoms with van der Waals surface area (Å²) in [6.45, 7) is 7.28. The van der Waals surface area contributed by atoms with Crippen molar-refractivity contribution in [3.63, 3.8) is 0 Å². The van der Waals surface area contributed by atoms with Gasteiger partial charge in [-0.3, -0.25) is 4.79 Å². The molecule has 4 nitrogen and oxygen atoms in total. The van der Waals surface area contributed by atoms with Crippen LogP contribution in [0.4, 0.5) is 5.69 Å². The minimum absolute atomic E-state index is 0.00835. The summed E-state index contributed by atoms with van der Waals surface area (Å²) in [5.74, 6) is 0.740. The fourth-order valence-corrected chi connectivity index (χ4v) is 2.08. The maximum atomic E-state index is 11.8. The van der Waals surface area contributed by atoms with Crippen molar-refractivity contribution in [1.82, 2.24) is 5.32 Å². The summed E-state index contributed by atoms with van der Waals surface area (Å²) in [7, 11) is 0. The average molecular weight is 304 g/mol. The van der Waals surface area contributed by atoms with E-state index in [9.17, 15) is 4.79 Å². The van der Waals surface area contributed by atoms with Gasteiger partial charge in [0.05, 0.1) is 12.2 Å². The zero-order valence-electron chi connectivity index (χ0n) is 13.6. The number of carbonyl (C=O) groups is 1. The molecule has 122 valence electrons. The summed E-state index contributed by atoms with van der Waals surface area (Å²) in [6.07, 6.45) is 7.69. The molecule has 0 saturated heterocycles. The topological polar surface area (TPSA) is 50.4 Å². The zero-order chi connectivity index (χ0) is 16.0. The Bertz CT molecular complexity index is 446. The van der Waals surface area contributed by atoms with E-state index in [2.05, 4.69) is 24.1 Å². The Morgan fingerprint density at radius 3 is 2.77 bits per heavy atom. The monoisotopic (exact) mass is 304 g/mol. The lowest BCUT2D eigenvalue weighted by atomic mass is 10.1. The first-order valence-corrected chi connectivity index (χ1v) is 8.11. The molecule has 0 aliphatic carbocycles. The second-order valence-corrected chi connectivity index (χ2v) is 5.21. The van der Waals surface area contributed by atoms with Crippen LogP contribution in [-0.4, -0.2) is 25.6 Å². The standard InChI is InChI=1S/C18H28N2O2/c1-3-5-6-7-10-13-19-18(21)15-20-16-11-8-9-12-17(16)22-14-4-2/h4,8-9,11-12,20H,2-3,5-7,10,13-15H2,1H3,(H,19,21). The Hall–Kier alpha value is -1.97. The van der Waals surface area contributed by atoms with Crippen LogP contribution in [0.25, 0.3) is 0 Å². The van der Waals surface area contributed by atoms with E-state index < -0.39 is 0 Å². The second-order valence-electron chi connectivity index (χ2n) is 5.21. The number of unbranched alkanes of at least 4 members (excludes halogenated alkanes) is 4. The van der Waals surface area contributed by atoms with Crippen molar-refractivity contribution in [1.29, 1.82) is 0 Å². The number of hydrogen-bond donors (Lipinski definition) is 2. The summed E-state index contributed by atoms with van der Waals surface area (Å²) < 4.78 is 5.54. The predicted octanol–water partition coefficient (Wildman–Crippen LogP) is 3.75. The molecule has 1 aromatic carbocycles. The first kappa shape index (κ1) is 18.1. The Balaban J connectivity index is 2.24. The summed E-state index contributed by atoms with van der Waals surface area (Å²) in [4.78, 5) is 11.8. The molecule has 0 unspecified atom stereocenters. The minimum atomic E-state index is 0.00835. The highest BCUT2D eigenvalue weighted by atomic mass is 16.5. The van der Waals surface area contributed by atoms with Crippen LogP contribution in [0.2, 0.25) is 0 Å². The van der Waals surface area contributed by atoms with Crippen LogP contribution in [0, 0.1) is 0 Å². The number of carbonyl (C=O) groups excluding carboxylic acids is 1. The van der Waals surface area contributed by atoms with Gasteiger partial charge in [-0.2, -0.15) is 0 Å². The molecular formula is C18H28N2O2. The number of para-hydroxylation sites is 2. The van der Waals surface area contributed by atoms with Gasteiger partial charge in [-0.25, -0.2) is 0 Å². The highest BCUT2D eigenvalue weighted by Crippen LogP contribution is 2.23. The summed E-state index contributed by atoms with van der Waals surface area (Å²) in [5, 5.41) is 6.05. The van der Waals surface area contributed by atoms with Crippen molar-refractivity contribution in [2.45, 2.75) is 39.0 Å². The fourth-order valence-electron chi connectivity index (χ4n) is 2.08. The van der Waals surface area contributed by atoms with Crippen LogP contribution < -0.4 is 15.4 Å². The predicted molar refractivity (Wildman–Crippen MR) is 92.4 cm³/mol. The van der Waals surface area contributed by atoms with Crippen molar-refractivity contribution in [2.24, 2.45) is 0 Å². The molecule has 0 heterocycles. The van der Waals surface area contributed by atoms with Gasteiger partial charge in [0.1, 0.15) is 12.4 Å². The van der Waals surface area contributed by atoms with Crippen molar-refractivity contribution in [3.8, 4) is 5.75 Å². The second kappa shape index (κ2) is 11.7. The smallest absolute Gasteiger partial charge is 0.239 e. The quantitative estimate of drug-likeness (QED) is 0.457. The molecule has 1 aromatic rings. The van der Waals surface area contributed by atoms with Crippen molar-refractivity contribution >= 4 is 11.6 Å². The van der Waals surface area contributed by atoms with Crippen LogP contribution in [0.3, 0.4) is 0 Å². The average Bonchev–Trinajstić information content (AvgIpc) is 2.55. The van der Waals surface area contributed by atoms with Gasteiger partial charge in [0.25, 0.3) is 0 Å². The van der Waals surface area contributed by atoms with Crippen molar-refractivity contribution < 1.29 is 9.53 Å². The lowest BCUT2D eigenvalue weighted by molar-refractivity contribution is -0.119. The van der Waals surface area contributed by atoms with E-state index >= 15 is 0 Å². The maximum Gasteiger partial charge on any atom is 0.239 e. The summed E-state index contributed by atoms with van der Waals surface area (Å²) in [5.41, 5.74) is 0.822. The van der Waals surface area contributed by atoms with Crippen molar-refractivity contribution in [3.05, 3.63) is 36.9 Å². The molecule has 0 aliphatic rings. The van der Waals surface area contributed by atoms with Crippen LogP contribution in [-0.2, 0) is 4.79 Å². The highest BCUT2D eigenvalue weighted by Gasteiger charge is 2.04. The maximum absolute atomic E-state index is 11.8. The normalized spacial score (nSPS) is 10.0. The molecule has 0 saturated carbocycles. The van der Waals surface area contributed by atoms with E-state index in [-0.39, 0.29) is 12.5 Å². The van der Waals surface area contributed by atoms with Crippen LogP contribution in [0.15, 0.2) is 36.9 Å². The van der Waals surface area contributed by atoms with Crippen LogP contribution >= 0.6 is 0 Å². The largest absolute Gasteiger partial charge is 0.487 e. The van der Waals surface area contributed by atoms with Gasteiger partial charge >= 0.3 is 0 Å². The van der Waals surface area contributed by atoms with E-state index in [1.807, 2.05) is 24.3 Å². The number of amides is 1. The Morgan fingerprint density at radius 2 is 2.00 bits per heavy atom. The number of rotatable bonds is 12. The van der Waals surface area contributed by atoms with Crippen LogP contribution in [0.1, 0.15) is 39.0 Å². The molecule has 4 heteroatoms. The number of benzene rings is 1. The molecule has 0 aliphatic heterocycles. The van der Waals surface area contributed by atoms with Gasteiger partial charge in [0, 0.05) is 6.54 Å². The highest BCUT2D eigenvalue weighted by molar-refractivity contribution is 5.81. The summed E-state index contributed by atoms with van der Waals surface area (Å²) >= 11 is 0. The van der Waals surface area contributed by atoms with Gasteiger partial charge in [0.15, 0.2) is 0 Å². The number of hydrogen-bond acceptors (Lipinski definition) is 3. The molecule has 0 fully saturated rings. The molecule has 0 spiro atoms. The zero-order valence-corrected chi connectivity index (χ0v) is 13.6. The lowest BCUT2D eigenvalue weighted by Gasteiger charge is -2.12. The molecular weight excluding hydrogens is 276 g/mol. The molecule has 1 rings (SSSR count). The Labute approximate surface area is 133 Å². The number of nitrogens with one attached hydrogen (secondary N) is 2. The van der Waals surface area contributed by atoms with Gasteiger partial charge in [-0.15, -0.1) is 0 Å². The first-order chi connectivity index (χ1) is 10.8. The van der Waals surface area contributed by atoms with Crippen molar-refractivity contribution in [2.75, 3.05) is 25.0 Å². The van der Waals surface area contributed by atoms with Gasteiger partial charge in [-0.1, -0.05) is 57.4 Å². The van der Waals surface area contributed by atoms with E-state index in [1.165, 1.54) is 25.7 Å².